The van der Waals surface area contributed by atoms with Crippen LogP contribution in [0, 0.1) is 0 Å². The Morgan fingerprint density at radius 2 is 1.93 bits per heavy atom. The van der Waals surface area contributed by atoms with Crippen LogP contribution >= 0.6 is 0 Å². The number of nitrogens with zero attached hydrogens (tertiary/aromatic N) is 1. The van der Waals surface area contributed by atoms with Gasteiger partial charge in [0.05, 0.1) is 13.2 Å². The van der Waals surface area contributed by atoms with Crippen molar-refractivity contribution in [3.63, 3.8) is 0 Å². The minimum Gasteiger partial charge on any atom is -0.508 e. The molecule has 1 aliphatic heterocycles. The fourth-order valence-corrected chi connectivity index (χ4v) is 3.87. The fraction of sp³-hybridized carbons (Fsp3) is 0.227. The van der Waals surface area contributed by atoms with E-state index in [-0.39, 0.29) is 11.7 Å². The summed E-state index contributed by atoms with van der Waals surface area (Å²) in [6.45, 7) is 1.04. The summed E-state index contributed by atoms with van der Waals surface area (Å²) in [5, 5.41) is 12.5. The molecular weight excluding hydrogens is 340 g/mol. The normalized spacial score (nSPS) is 16.9. The number of hydrogen-bond donors (Lipinski definition) is 2. The van der Waals surface area contributed by atoms with Crippen LogP contribution in [-0.2, 0) is 24.3 Å². The minimum atomic E-state index is -0.403. The van der Waals surface area contributed by atoms with Crippen molar-refractivity contribution in [1.29, 1.82) is 0 Å². The van der Waals surface area contributed by atoms with Crippen LogP contribution in [0.15, 0.2) is 54.6 Å². The summed E-state index contributed by atoms with van der Waals surface area (Å²) >= 11 is 0. The van der Waals surface area contributed by atoms with Gasteiger partial charge in [0.15, 0.2) is 0 Å². The number of phenolic OH excluding ortho intramolecular Hbond substituents is 1. The number of phenols is 1. The molecule has 1 atom stereocenters. The standard InChI is InChI=1S/C22H22N2O3/c1-27-17-8-6-14-7-9-21(25)19(18(14)11-17)13-24-12-16-5-3-2-4-15(16)10-20(24)22(23)26/h2-9,11,20,25H,10,12-13H2,1H3,(H2,23,26)/t20-/m1/s1. The minimum absolute atomic E-state index is 0.206. The lowest BCUT2D eigenvalue weighted by atomic mass is 9.92. The Balaban J connectivity index is 1.76. The van der Waals surface area contributed by atoms with Crippen LogP contribution in [0.1, 0.15) is 16.7 Å². The van der Waals surface area contributed by atoms with Crippen LogP contribution < -0.4 is 10.5 Å². The van der Waals surface area contributed by atoms with Crippen LogP contribution in [0.4, 0.5) is 0 Å². The lowest BCUT2D eigenvalue weighted by Crippen LogP contribution is -2.48. The van der Waals surface area contributed by atoms with Crippen molar-refractivity contribution in [1.82, 2.24) is 4.90 Å². The van der Waals surface area contributed by atoms with E-state index in [1.165, 1.54) is 5.56 Å². The third-order valence-corrected chi connectivity index (χ3v) is 5.35. The average molecular weight is 362 g/mol. The molecule has 0 aromatic heterocycles. The number of carbonyl (C=O) groups excluding carboxylic acids is 1. The molecule has 0 aliphatic carbocycles. The number of amides is 1. The maximum absolute atomic E-state index is 12.1. The monoisotopic (exact) mass is 362 g/mol. The number of benzene rings is 3. The van der Waals surface area contributed by atoms with Gasteiger partial charge in [-0.05, 0) is 46.5 Å². The van der Waals surface area contributed by atoms with Crippen LogP contribution in [-0.4, -0.2) is 29.1 Å². The van der Waals surface area contributed by atoms with Crippen LogP contribution in [0.3, 0.4) is 0 Å². The van der Waals surface area contributed by atoms with E-state index < -0.39 is 6.04 Å². The van der Waals surface area contributed by atoms with E-state index in [1.807, 2.05) is 47.4 Å². The van der Waals surface area contributed by atoms with Gasteiger partial charge < -0.3 is 15.6 Å². The number of primary amides is 1. The second kappa shape index (κ2) is 6.93. The third kappa shape index (κ3) is 3.22. The number of fused-ring (bicyclic) bond motifs is 2. The molecule has 1 heterocycles. The van der Waals surface area contributed by atoms with Crippen molar-refractivity contribution in [3.8, 4) is 11.5 Å². The maximum atomic E-state index is 12.1. The van der Waals surface area contributed by atoms with Gasteiger partial charge in [-0.15, -0.1) is 0 Å². The molecule has 0 unspecified atom stereocenters. The molecule has 3 aromatic carbocycles. The number of nitrogens with two attached hydrogens (primary N) is 1. The molecule has 1 aliphatic rings. The van der Waals surface area contributed by atoms with Crippen LogP contribution in [0.5, 0.6) is 11.5 Å². The highest BCUT2D eigenvalue weighted by atomic mass is 16.5. The Kier molecular flexibility index (Phi) is 4.46. The second-order valence-electron chi connectivity index (χ2n) is 6.95. The second-order valence-corrected chi connectivity index (χ2v) is 6.95. The first kappa shape index (κ1) is 17.4. The van der Waals surface area contributed by atoms with Crippen molar-refractivity contribution >= 4 is 16.7 Å². The van der Waals surface area contributed by atoms with Gasteiger partial charge in [-0.3, -0.25) is 9.69 Å². The zero-order chi connectivity index (χ0) is 19.0. The number of carbonyl (C=O) groups is 1. The van der Waals surface area contributed by atoms with E-state index >= 15 is 0 Å². The molecule has 0 bridgehead atoms. The average Bonchev–Trinajstić information content (AvgIpc) is 2.69. The third-order valence-electron chi connectivity index (χ3n) is 5.35. The van der Waals surface area contributed by atoms with Crippen LogP contribution in [0.2, 0.25) is 0 Å². The lowest BCUT2D eigenvalue weighted by Gasteiger charge is -2.35. The molecule has 3 N–H and O–H groups in total. The summed E-state index contributed by atoms with van der Waals surface area (Å²) in [5.74, 6) is 0.587. The molecule has 1 amide bonds. The van der Waals surface area contributed by atoms with E-state index in [2.05, 4.69) is 6.07 Å². The summed E-state index contributed by atoms with van der Waals surface area (Å²) in [6.07, 6.45) is 0.584. The summed E-state index contributed by atoms with van der Waals surface area (Å²) in [7, 11) is 1.62. The smallest absolute Gasteiger partial charge is 0.235 e. The molecular formula is C22H22N2O3. The van der Waals surface area contributed by atoms with Gasteiger partial charge >= 0.3 is 0 Å². The van der Waals surface area contributed by atoms with E-state index in [4.69, 9.17) is 10.5 Å². The Hall–Kier alpha value is -3.05. The first-order valence-electron chi connectivity index (χ1n) is 8.95. The first-order valence-corrected chi connectivity index (χ1v) is 8.95. The molecule has 0 radical (unpaired) electrons. The zero-order valence-electron chi connectivity index (χ0n) is 15.2. The molecule has 0 saturated heterocycles. The van der Waals surface area contributed by atoms with Gasteiger partial charge in [-0.25, -0.2) is 0 Å². The van der Waals surface area contributed by atoms with Gasteiger partial charge in [0.2, 0.25) is 5.91 Å². The summed E-state index contributed by atoms with van der Waals surface area (Å²) < 4.78 is 5.34. The molecule has 138 valence electrons. The Bertz CT molecular complexity index is 1020. The van der Waals surface area contributed by atoms with E-state index in [9.17, 15) is 9.90 Å². The molecule has 0 spiro atoms. The van der Waals surface area contributed by atoms with E-state index in [0.717, 1.165) is 27.6 Å². The zero-order valence-corrected chi connectivity index (χ0v) is 15.2. The lowest BCUT2D eigenvalue weighted by molar-refractivity contribution is -0.124. The number of aromatic hydroxyl groups is 1. The number of ether oxygens (including phenoxy) is 1. The van der Waals surface area contributed by atoms with Gasteiger partial charge in [-0.1, -0.05) is 36.4 Å². The fourth-order valence-electron chi connectivity index (χ4n) is 3.87. The summed E-state index contributed by atoms with van der Waals surface area (Å²) in [5.41, 5.74) is 8.82. The van der Waals surface area contributed by atoms with Gasteiger partial charge in [0.25, 0.3) is 0 Å². The quantitative estimate of drug-likeness (QED) is 0.748. The number of rotatable bonds is 4. The molecule has 0 fully saturated rings. The van der Waals surface area contributed by atoms with Gasteiger partial charge in [-0.2, -0.15) is 0 Å². The van der Waals surface area contributed by atoms with Crippen molar-refractivity contribution in [2.45, 2.75) is 25.6 Å². The highest BCUT2D eigenvalue weighted by Gasteiger charge is 2.30. The van der Waals surface area contributed by atoms with Crippen LogP contribution in [0.25, 0.3) is 10.8 Å². The highest BCUT2D eigenvalue weighted by molar-refractivity contribution is 5.89. The molecule has 4 rings (SSSR count). The molecule has 5 nitrogen and oxygen atoms in total. The Morgan fingerprint density at radius 3 is 2.67 bits per heavy atom. The maximum Gasteiger partial charge on any atom is 0.235 e. The van der Waals surface area contributed by atoms with E-state index in [1.54, 1.807) is 13.2 Å². The van der Waals surface area contributed by atoms with E-state index in [0.29, 0.717) is 19.5 Å². The van der Waals surface area contributed by atoms with Crippen molar-refractivity contribution in [2.75, 3.05) is 7.11 Å². The molecule has 27 heavy (non-hydrogen) atoms. The largest absolute Gasteiger partial charge is 0.508 e. The van der Waals surface area contributed by atoms with Crippen molar-refractivity contribution < 1.29 is 14.6 Å². The van der Waals surface area contributed by atoms with Gasteiger partial charge in [0, 0.05) is 18.7 Å². The SMILES string of the molecule is COc1ccc2ccc(O)c(CN3Cc4ccccc4C[C@@H]3C(N)=O)c2c1. The topological polar surface area (TPSA) is 75.8 Å². The molecule has 0 saturated carbocycles. The summed E-state index contributed by atoms with van der Waals surface area (Å²) in [6, 6.07) is 17.1. The number of methoxy groups -OCH3 is 1. The first-order chi connectivity index (χ1) is 13.1. The van der Waals surface area contributed by atoms with Crippen molar-refractivity contribution in [2.24, 2.45) is 5.73 Å². The Morgan fingerprint density at radius 1 is 1.19 bits per heavy atom. The number of hydrogen-bond acceptors (Lipinski definition) is 4. The van der Waals surface area contributed by atoms with Crippen molar-refractivity contribution in [3.05, 3.63) is 71.3 Å². The molecule has 5 heteroatoms. The summed E-state index contributed by atoms with van der Waals surface area (Å²) in [4.78, 5) is 14.2. The highest BCUT2D eigenvalue weighted by Crippen LogP contribution is 2.33. The Labute approximate surface area is 158 Å². The predicted octanol–water partition coefficient (Wildman–Crippen LogP) is 2.97. The predicted molar refractivity (Wildman–Crippen MR) is 105 cm³/mol. The van der Waals surface area contributed by atoms with Gasteiger partial charge in [0.1, 0.15) is 11.5 Å². The molecule has 3 aromatic rings.